The topological polar surface area (TPSA) is 42.0 Å². The second-order valence-electron chi connectivity index (χ2n) is 4.42. The zero-order chi connectivity index (χ0) is 14.7. The van der Waals surface area contributed by atoms with Crippen LogP contribution in [0.1, 0.15) is 17.3 Å². The summed E-state index contributed by atoms with van der Waals surface area (Å²) in [7, 11) is 0. The van der Waals surface area contributed by atoms with E-state index < -0.39 is 0 Å². The molecule has 1 N–H and O–H groups in total. The van der Waals surface area contributed by atoms with Crippen LogP contribution in [0.25, 0.3) is 10.2 Å². The number of fused-ring (bicyclic) bond motifs is 1. The Morgan fingerprint density at radius 1 is 1.29 bits per heavy atom. The zero-order valence-corrected chi connectivity index (χ0v) is 13.1. The first-order valence-electron chi connectivity index (χ1n) is 6.64. The molecule has 1 heterocycles. The molecule has 0 unspecified atom stereocenters. The van der Waals surface area contributed by atoms with Crippen LogP contribution in [0.15, 0.2) is 52.9 Å². The van der Waals surface area contributed by atoms with Crippen molar-refractivity contribution < 1.29 is 4.79 Å². The molecule has 0 bridgehead atoms. The molecule has 0 aliphatic carbocycles. The van der Waals surface area contributed by atoms with Crippen LogP contribution in [-0.4, -0.2) is 16.6 Å². The fraction of sp³-hybridized carbons (Fsp3) is 0.125. The molecule has 0 saturated heterocycles. The number of carbonyl (C=O) groups is 1. The fourth-order valence-corrected chi connectivity index (χ4v) is 3.53. The Morgan fingerprint density at radius 3 is 3.00 bits per heavy atom. The lowest BCUT2D eigenvalue weighted by molar-refractivity contribution is 0.102. The lowest BCUT2D eigenvalue weighted by atomic mass is 10.2. The van der Waals surface area contributed by atoms with Crippen LogP contribution in [0.5, 0.6) is 0 Å². The summed E-state index contributed by atoms with van der Waals surface area (Å²) in [5.74, 6) is 0.857. The molecule has 0 aliphatic heterocycles. The molecule has 3 aromatic rings. The van der Waals surface area contributed by atoms with Crippen molar-refractivity contribution in [2.45, 2.75) is 11.8 Å². The van der Waals surface area contributed by atoms with Crippen LogP contribution in [0.3, 0.4) is 0 Å². The van der Waals surface area contributed by atoms with E-state index in [1.54, 1.807) is 23.1 Å². The first-order chi connectivity index (χ1) is 10.3. The maximum Gasteiger partial charge on any atom is 0.256 e. The maximum absolute atomic E-state index is 12.4. The number of anilines is 1. The maximum atomic E-state index is 12.4. The van der Waals surface area contributed by atoms with E-state index in [1.807, 2.05) is 48.0 Å². The van der Waals surface area contributed by atoms with Gasteiger partial charge < -0.3 is 5.32 Å². The lowest BCUT2D eigenvalue weighted by Gasteiger charge is -2.09. The molecule has 1 amide bonds. The first-order valence-corrected chi connectivity index (χ1v) is 8.51. The molecule has 5 heteroatoms. The smallest absolute Gasteiger partial charge is 0.256 e. The molecule has 0 fully saturated rings. The van der Waals surface area contributed by atoms with Gasteiger partial charge in [0.2, 0.25) is 0 Å². The summed E-state index contributed by atoms with van der Waals surface area (Å²) in [5, 5.41) is 2.95. The number of hydrogen-bond donors (Lipinski definition) is 1. The molecule has 21 heavy (non-hydrogen) atoms. The Morgan fingerprint density at radius 2 is 2.14 bits per heavy atom. The molecule has 0 spiro atoms. The number of thioether (sulfide) groups is 1. The second kappa shape index (κ2) is 6.28. The fourth-order valence-electron chi connectivity index (χ4n) is 2.07. The van der Waals surface area contributed by atoms with Gasteiger partial charge in [-0.1, -0.05) is 19.1 Å². The van der Waals surface area contributed by atoms with E-state index in [9.17, 15) is 4.79 Å². The van der Waals surface area contributed by atoms with Crippen molar-refractivity contribution in [1.82, 2.24) is 4.98 Å². The van der Waals surface area contributed by atoms with E-state index in [-0.39, 0.29) is 5.91 Å². The summed E-state index contributed by atoms with van der Waals surface area (Å²) in [5.41, 5.74) is 4.20. The molecule has 3 nitrogen and oxygen atoms in total. The molecule has 106 valence electrons. The van der Waals surface area contributed by atoms with E-state index in [2.05, 4.69) is 17.2 Å². The Bertz CT molecular complexity index is 783. The van der Waals surface area contributed by atoms with Gasteiger partial charge in [-0.15, -0.1) is 23.1 Å². The summed E-state index contributed by atoms with van der Waals surface area (Å²) in [4.78, 5) is 17.7. The molecule has 0 aliphatic rings. The van der Waals surface area contributed by atoms with Crippen molar-refractivity contribution in [2.75, 3.05) is 11.1 Å². The van der Waals surface area contributed by atoms with E-state index in [0.29, 0.717) is 5.56 Å². The summed E-state index contributed by atoms with van der Waals surface area (Å²) >= 11 is 3.27. The van der Waals surface area contributed by atoms with Crippen molar-refractivity contribution in [1.29, 1.82) is 0 Å². The van der Waals surface area contributed by atoms with Crippen LogP contribution in [0.2, 0.25) is 0 Å². The summed E-state index contributed by atoms with van der Waals surface area (Å²) in [6, 6.07) is 13.5. The normalized spacial score (nSPS) is 10.7. The number of aromatic nitrogens is 1. The number of rotatable bonds is 4. The predicted molar refractivity (Wildman–Crippen MR) is 90.4 cm³/mol. The van der Waals surface area contributed by atoms with Gasteiger partial charge in [0, 0.05) is 10.6 Å². The minimum absolute atomic E-state index is 0.0823. The quantitative estimate of drug-likeness (QED) is 0.712. The standard InChI is InChI=1S/C16H14N2OS2/c1-2-20-14-6-4-3-5-12(14)16(19)18-11-7-8-15-13(9-11)17-10-21-15/h3-10H,2H2,1H3,(H,18,19). The van der Waals surface area contributed by atoms with Gasteiger partial charge in [-0.2, -0.15) is 0 Å². The molecule has 3 rings (SSSR count). The van der Waals surface area contributed by atoms with Gasteiger partial charge >= 0.3 is 0 Å². The first kappa shape index (κ1) is 14.1. The van der Waals surface area contributed by atoms with E-state index in [1.165, 1.54) is 0 Å². The predicted octanol–water partition coefficient (Wildman–Crippen LogP) is 4.66. The Hall–Kier alpha value is -1.85. The highest BCUT2D eigenvalue weighted by molar-refractivity contribution is 7.99. The zero-order valence-electron chi connectivity index (χ0n) is 11.5. The number of thiazole rings is 1. The van der Waals surface area contributed by atoms with E-state index in [0.717, 1.165) is 26.6 Å². The van der Waals surface area contributed by atoms with Crippen LogP contribution < -0.4 is 5.32 Å². The average molecular weight is 314 g/mol. The molecule has 1 aromatic heterocycles. The number of hydrogen-bond acceptors (Lipinski definition) is 4. The minimum Gasteiger partial charge on any atom is -0.322 e. The Balaban J connectivity index is 1.85. The SMILES string of the molecule is CCSc1ccccc1C(=O)Nc1ccc2scnc2c1. The minimum atomic E-state index is -0.0823. The number of benzene rings is 2. The van der Waals surface area contributed by atoms with Crippen LogP contribution in [-0.2, 0) is 0 Å². The monoisotopic (exact) mass is 314 g/mol. The van der Waals surface area contributed by atoms with Crippen LogP contribution in [0.4, 0.5) is 5.69 Å². The molecular weight excluding hydrogens is 300 g/mol. The highest BCUT2D eigenvalue weighted by Gasteiger charge is 2.11. The molecular formula is C16H14N2OS2. The number of nitrogens with zero attached hydrogens (tertiary/aromatic N) is 1. The third kappa shape index (κ3) is 3.09. The van der Waals surface area contributed by atoms with Gasteiger partial charge in [0.25, 0.3) is 5.91 Å². The molecule has 0 saturated carbocycles. The second-order valence-corrected chi connectivity index (χ2v) is 6.61. The van der Waals surface area contributed by atoms with Gasteiger partial charge in [-0.3, -0.25) is 4.79 Å². The van der Waals surface area contributed by atoms with Crippen molar-refractivity contribution >= 4 is 44.9 Å². The van der Waals surface area contributed by atoms with Gasteiger partial charge in [-0.25, -0.2) is 4.98 Å². The number of nitrogens with one attached hydrogen (secondary N) is 1. The van der Waals surface area contributed by atoms with Gasteiger partial charge in [0.05, 0.1) is 21.3 Å². The molecule has 0 atom stereocenters. The van der Waals surface area contributed by atoms with Crippen molar-refractivity contribution in [2.24, 2.45) is 0 Å². The summed E-state index contributed by atoms with van der Waals surface area (Å²) in [6.45, 7) is 2.08. The third-order valence-corrected chi connectivity index (χ3v) is 4.79. The lowest BCUT2D eigenvalue weighted by Crippen LogP contribution is -2.12. The van der Waals surface area contributed by atoms with E-state index in [4.69, 9.17) is 0 Å². The number of amides is 1. The third-order valence-electron chi connectivity index (χ3n) is 3.02. The van der Waals surface area contributed by atoms with Crippen molar-refractivity contribution in [3.63, 3.8) is 0 Å². The van der Waals surface area contributed by atoms with Gasteiger partial charge in [0.15, 0.2) is 0 Å². The Kier molecular flexibility index (Phi) is 4.22. The van der Waals surface area contributed by atoms with Crippen molar-refractivity contribution in [3.8, 4) is 0 Å². The molecule has 0 radical (unpaired) electrons. The number of carbonyl (C=O) groups excluding carboxylic acids is 1. The Labute approximate surface area is 131 Å². The largest absolute Gasteiger partial charge is 0.322 e. The molecule has 2 aromatic carbocycles. The summed E-state index contributed by atoms with van der Waals surface area (Å²) < 4.78 is 1.12. The van der Waals surface area contributed by atoms with E-state index >= 15 is 0 Å². The average Bonchev–Trinajstić information content (AvgIpc) is 2.95. The van der Waals surface area contributed by atoms with Crippen LogP contribution in [0, 0.1) is 0 Å². The van der Waals surface area contributed by atoms with Gasteiger partial charge in [0.1, 0.15) is 0 Å². The van der Waals surface area contributed by atoms with Crippen molar-refractivity contribution in [3.05, 3.63) is 53.5 Å². The van der Waals surface area contributed by atoms with Gasteiger partial charge in [-0.05, 0) is 36.1 Å². The summed E-state index contributed by atoms with van der Waals surface area (Å²) in [6.07, 6.45) is 0. The highest BCUT2D eigenvalue weighted by Crippen LogP contribution is 2.25. The van der Waals surface area contributed by atoms with Crippen LogP contribution >= 0.6 is 23.1 Å². The highest BCUT2D eigenvalue weighted by atomic mass is 32.2.